The van der Waals surface area contributed by atoms with Crippen LogP contribution in [-0.2, 0) is 6.67 Å². The molecule has 0 saturated carbocycles. The van der Waals surface area contributed by atoms with Crippen molar-refractivity contribution in [2.75, 3.05) is 31.1 Å². The molecule has 2 aromatic carbocycles. The summed E-state index contributed by atoms with van der Waals surface area (Å²) in [4.78, 5) is 14.2. The number of benzene rings is 2. The molecule has 1 N–H and O–H groups in total. The number of para-hydroxylation sites is 1. The molecule has 0 bridgehead atoms. The van der Waals surface area contributed by atoms with E-state index < -0.39 is 0 Å². The number of fused-ring (bicyclic) bond motifs is 1. The van der Waals surface area contributed by atoms with Gasteiger partial charge in [0.15, 0.2) is 10.6 Å². The van der Waals surface area contributed by atoms with Crippen molar-refractivity contribution < 1.29 is 9.82 Å². The molecule has 1 aliphatic rings. The number of nitro benzene ring substituents is 1. The number of piperazine rings is 1. The number of anilines is 1. The van der Waals surface area contributed by atoms with E-state index in [1.54, 1.807) is 23.5 Å². The molecule has 0 spiro atoms. The average molecular weight is 388 g/mol. The van der Waals surface area contributed by atoms with Gasteiger partial charge in [-0.2, -0.15) is 0 Å². The van der Waals surface area contributed by atoms with Gasteiger partial charge >= 0.3 is 0 Å². The first-order valence-electron chi connectivity index (χ1n) is 8.53. The minimum atomic E-state index is -0.360. The summed E-state index contributed by atoms with van der Waals surface area (Å²) >= 11 is 7.22. The van der Waals surface area contributed by atoms with E-state index in [1.807, 2.05) is 18.2 Å². The van der Waals surface area contributed by atoms with Gasteiger partial charge in [-0.05, 0) is 36.5 Å². The summed E-state index contributed by atoms with van der Waals surface area (Å²) in [6, 6.07) is 15.2. The first-order valence-corrected chi connectivity index (χ1v) is 9.75. The average Bonchev–Trinajstić information content (AvgIpc) is 2.98. The van der Waals surface area contributed by atoms with Crippen LogP contribution in [0.5, 0.6) is 0 Å². The summed E-state index contributed by atoms with van der Waals surface area (Å²) in [6.45, 7) is 4.79. The van der Waals surface area contributed by atoms with Crippen LogP contribution in [0.15, 0.2) is 48.5 Å². The van der Waals surface area contributed by atoms with Crippen LogP contribution >= 0.6 is 23.6 Å². The van der Waals surface area contributed by atoms with Crippen LogP contribution in [0.2, 0.25) is 0 Å². The molecule has 1 aliphatic heterocycles. The molecule has 0 radical (unpaired) electrons. The maximum Gasteiger partial charge on any atom is 0.269 e. The number of thiazole rings is 1. The fourth-order valence-electron chi connectivity index (χ4n) is 3.41. The molecule has 4 rings (SSSR count). The van der Waals surface area contributed by atoms with Crippen molar-refractivity contribution in [1.29, 1.82) is 0 Å². The predicted molar refractivity (Wildman–Crippen MR) is 107 cm³/mol. The Morgan fingerprint density at radius 2 is 1.81 bits per heavy atom. The van der Waals surface area contributed by atoms with Gasteiger partial charge in [0.25, 0.3) is 5.69 Å². The standard InChI is InChI=1S/C18H18N4O2S2/c23-22(24)15-7-5-14(6-8-15)20-11-9-19(10-12-20)13-21-16-3-1-2-4-17(16)26-18(21)25/h1-8H,9-13H2/p+1. The highest BCUT2D eigenvalue weighted by atomic mass is 32.1. The van der Waals surface area contributed by atoms with Crippen LogP contribution in [0.25, 0.3) is 10.2 Å². The van der Waals surface area contributed by atoms with Gasteiger partial charge in [-0.1, -0.05) is 12.1 Å². The number of hydrogen-bond acceptors (Lipinski definition) is 5. The van der Waals surface area contributed by atoms with Gasteiger partial charge in [-0.15, -0.1) is 11.3 Å². The third-order valence-electron chi connectivity index (χ3n) is 4.85. The lowest BCUT2D eigenvalue weighted by Crippen LogP contribution is -3.14. The molecule has 0 unspecified atom stereocenters. The number of hydrogen-bond donors (Lipinski definition) is 1. The Balaban J connectivity index is 1.42. The molecule has 1 aromatic heterocycles. The molecule has 0 atom stereocenters. The third kappa shape index (κ3) is 3.35. The van der Waals surface area contributed by atoms with E-state index in [1.165, 1.54) is 15.1 Å². The second-order valence-corrected chi connectivity index (χ2v) is 8.11. The van der Waals surface area contributed by atoms with Crippen molar-refractivity contribution in [3.8, 4) is 0 Å². The number of rotatable bonds is 4. The second kappa shape index (κ2) is 7.14. The molecule has 3 aromatic rings. The third-order valence-corrected chi connectivity index (χ3v) is 6.28. The summed E-state index contributed by atoms with van der Waals surface area (Å²) in [5.41, 5.74) is 2.40. The first kappa shape index (κ1) is 17.1. The van der Waals surface area contributed by atoms with Crippen molar-refractivity contribution in [1.82, 2.24) is 4.57 Å². The number of nitro groups is 1. The number of quaternary nitrogens is 1. The molecule has 2 heterocycles. The molecule has 26 heavy (non-hydrogen) atoms. The maximum absolute atomic E-state index is 10.8. The SMILES string of the molecule is O=[N+]([O-])c1ccc(N2CC[NH+](Cn3c(=S)sc4ccccc43)CC2)cc1. The molecular weight excluding hydrogens is 368 g/mol. The highest BCUT2D eigenvalue weighted by Gasteiger charge is 2.21. The van der Waals surface area contributed by atoms with Crippen molar-refractivity contribution in [3.63, 3.8) is 0 Å². The summed E-state index contributed by atoms with van der Waals surface area (Å²) in [5.74, 6) is 0. The quantitative estimate of drug-likeness (QED) is 0.425. The predicted octanol–water partition coefficient (Wildman–Crippen LogP) is 2.70. The Kier molecular flexibility index (Phi) is 4.71. The monoisotopic (exact) mass is 387 g/mol. The largest absolute Gasteiger partial charge is 0.360 e. The fourth-order valence-corrected chi connectivity index (χ4v) is 4.73. The number of non-ortho nitro benzene ring substituents is 1. The topological polar surface area (TPSA) is 55.8 Å². The Morgan fingerprint density at radius 3 is 2.50 bits per heavy atom. The van der Waals surface area contributed by atoms with Gasteiger partial charge in [-0.3, -0.25) is 14.7 Å². The van der Waals surface area contributed by atoms with E-state index >= 15 is 0 Å². The Bertz CT molecular complexity index is 988. The van der Waals surface area contributed by atoms with E-state index in [4.69, 9.17) is 12.2 Å². The van der Waals surface area contributed by atoms with Crippen molar-refractivity contribution in [3.05, 3.63) is 62.6 Å². The van der Waals surface area contributed by atoms with E-state index in [0.717, 1.165) is 42.5 Å². The smallest absolute Gasteiger partial charge is 0.269 e. The van der Waals surface area contributed by atoms with Crippen LogP contribution < -0.4 is 9.80 Å². The number of nitrogens with one attached hydrogen (secondary N) is 1. The van der Waals surface area contributed by atoms with Gasteiger partial charge < -0.3 is 9.80 Å². The zero-order valence-corrected chi connectivity index (χ0v) is 15.8. The van der Waals surface area contributed by atoms with Crippen LogP contribution in [0.3, 0.4) is 0 Å². The molecule has 0 amide bonds. The summed E-state index contributed by atoms with van der Waals surface area (Å²) < 4.78 is 4.41. The fraction of sp³-hybridized carbons (Fsp3) is 0.278. The van der Waals surface area contributed by atoms with Crippen LogP contribution in [-0.4, -0.2) is 35.7 Å². The molecule has 0 aliphatic carbocycles. The number of nitrogens with zero attached hydrogens (tertiary/aromatic N) is 3. The lowest BCUT2D eigenvalue weighted by atomic mass is 10.2. The Morgan fingerprint density at radius 1 is 1.12 bits per heavy atom. The van der Waals surface area contributed by atoms with Crippen molar-refractivity contribution in [2.24, 2.45) is 0 Å². The molecule has 8 heteroatoms. The van der Waals surface area contributed by atoms with Crippen LogP contribution in [0.1, 0.15) is 0 Å². The molecule has 1 saturated heterocycles. The van der Waals surface area contributed by atoms with Crippen LogP contribution in [0.4, 0.5) is 11.4 Å². The van der Waals surface area contributed by atoms with Crippen LogP contribution in [0, 0.1) is 14.1 Å². The number of aromatic nitrogens is 1. The van der Waals surface area contributed by atoms with E-state index in [9.17, 15) is 10.1 Å². The molecule has 1 fully saturated rings. The molecule has 6 nitrogen and oxygen atoms in total. The van der Waals surface area contributed by atoms with E-state index in [-0.39, 0.29) is 10.6 Å². The lowest BCUT2D eigenvalue weighted by Gasteiger charge is -2.33. The minimum Gasteiger partial charge on any atom is -0.360 e. The highest BCUT2D eigenvalue weighted by Crippen LogP contribution is 2.22. The zero-order valence-electron chi connectivity index (χ0n) is 14.1. The van der Waals surface area contributed by atoms with Gasteiger partial charge in [0.2, 0.25) is 0 Å². The minimum absolute atomic E-state index is 0.136. The summed E-state index contributed by atoms with van der Waals surface area (Å²) in [6.07, 6.45) is 0. The summed E-state index contributed by atoms with van der Waals surface area (Å²) in [7, 11) is 0. The van der Waals surface area contributed by atoms with Gasteiger partial charge in [0.1, 0.15) is 0 Å². The van der Waals surface area contributed by atoms with Gasteiger partial charge in [-0.25, -0.2) is 0 Å². The van der Waals surface area contributed by atoms with Gasteiger partial charge in [0.05, 0.1) is 41.3 Å². The maximum atomic E-state index is 10.8. The molecular formula is C18H19N4O2S2+. The Labute approximate surface area is 160 Å². The van der Waals surface area contributed by atoms with E-state index in [2.05, 4.69) is 27.7 Å². The normalized spacial score (nSPS) is 15.5. The van der Waals surface area contributed by atoms with Crippen molar-refractivity contribution in [2.45, 2.75) is 6.67 Å². The lowest BCUT2D eigenvalue weighted by molar-refractivity contribution is -0.923. The highest BCUT2D eigenvalue weighted by molar-refractivity contribution is 7.73. The van der Waals surface area contributed by atoms with Crippen molar-refractivity contribution >= 4 is 45.1 Å². The van der Waals surface area contributed by atoms with E-state index in [0.29, 0.717) is 0 Å². The second-order valence-electron chi connectivity index (χ2n) is 6.43. The first-order chi connectivity index (χ1) is 12.6. The summed E-state index contributed by atoms with van der Waals surface area (Å²) in [5, 5.41) is 10.8. The zero-order chi connectivity index (χ0) is 18.1. The molecule has 134 valence electrons. The Hall–Kier alpha value is -2.29. The van der Waals surface area contributed by atoms with Gasteiger partial charge in [0, 0.05) is 17.8 Å².